The molecule has 190 valence electrons. The molecule has 0 amide bonds. The molecule has 2 aromatic rings. The lowest BCUT2D eigenvalue weighted by atomic mass is 9.77. The number of thiol groups is 4. The van der Waals surface area contributed by atoms with Gasteiger partial charge in [0.25, 0.3) is 0 Å². The van der Waals surface area contributed by atoms with Crippen LogP contribution in [0.15, 0.2) is 36.1 Å². The first-order valence-corrected chi connectivity index (χ1v) is 11.4. The van der Waals surface area contributed by atoms with Crippen molar-refractivity contribution in [2.75, 3.05) is 0 Å². The summed E-state index contributed by atoms with van der Waals surface area (Å²) in [6.45, 7) is 1.94. The molecule has 9 nitrogen and oxygen atoms in total. The van der Waals surface area contributed by atoms with Crippen molar-refractivity contribution in [2.45, 2.75) is 25.2 Å². The van der Waals surface area contributed by atoms with Gasteiger partial charge < -0.3 is 26.4 Å². The molecule has 0 fully saturated rings. The zero-order valence-corrected chi connectivity index (χ0v) is 25.2. The second kappa shape index (κ2) is 13.1. The first-order chi connectivity index (χ1) is 15.5. The number of hydrogen-bond acceptors (Lipinski definition) is 5. The van der Waals surface area contributed by atoms with Gasteiger partial charge in [-0.05, 0) is 34.4 Å². The standard InChI is InChI=1S/C20H24N8OS4.2BrH/c1-7-5-8-3-2-4-9-11(8)10(6-7)13(16(27-19(23)32)28-20(24)33)14(29)12(9)15(25-17(21)30)26-18(22)31;;/h2-6,12,15-16,29H,1H3,(H3,21,25,30)(H3,22,26,31)(H3,23,27,32)(H3,24,28,33);2*1H. The van der Waals surface area contributed by atoms with Crippen LogP contribution in [0.2, 0.25) is 0 Å². The highest BCUT2D eigenvalue weighted by Gasteiger charge is 2.38. The molecule has 0 bridgehead atoms. The first-order valence-electron chi connectivity index (χ1n) is 9.62. The Balaban J connectivity index is 0.00000306. The van der Waals surface area contributed by atoms with Gasteiger partial charge in [0.1, 0.15) is 18.1 Å². The van der Waals surface area contributed by atoms with Crippen LogP contribution < -0.4 is 21.3 Å². The van der Waals surface area contributed by atoms with E-state index in [2.05, 4.69) is 71.8 Å². The summed E-state index contributed by atoms with van der Waals surface area (Å²) in [5, 5.41) is 55.3. The van der Waals surface area contributed by atoms with Crippen molar-refractivity contribution in [1.82, 2.24) is 21.3 Å². The Labute approximate surface area is 245 Å². The number of hydrogen-bond donors (Lipinski definition) is 13. The summed E-state index contributed by atoms with van der Waals surface area (Å²) >= 11 is 16.1. The van der Waals surface area contributed by atoms with Gasteiger partial charge in [-0.2, -0.15) is 0 Å². The number of amidine groups is 4. The third-order valence-corrected chi connectivity index (χ3v) is 5.63. The highest BCUT2D eigenvalue weighted by atomic mass is 79.9. The number of aliphatic hydroxyl groups excluding tert-OH is 1. The van der Waals surface area contributed by atoms with Gasteiger partial charge in [0.2, 0.25) is 0 Å². The van der Waals surface area contributed by atoms with Gasteiger partial charge in [0, 0.05) is 5.57 Å². The zero-order valence-electron chi connectivity index (χ0n) is 18.2. The molecule has 1 aliphatic carbocycles. The maximum absolute atomic E-state index is 11.6. The molecule has 2 aromatic carbocycles. The Morgan fingerprint density at radius 3 is 1.86 bits per heavy atom. The van der Waals surface area contributed by atoms with Gasteiger partial charge in [-0.3, -0.25) is 21.6 Å². The molecule has 3 rings (SSSR count). The summed E-state index contributed by atoms with van der Waals surface area (Å²) < 4.78 is 0. The fraction of sp³-hybridized carbons (Fsp3) is 0.200. The second-order valence-electron chi connectivity index (χ2n) is 7.42. The van der Waals surface area contributed by atoms with Crippen LogP contribution in [0.5, 0.6) is 0 Å². The van der Waals surface area contributed by atoms with E-state index in [1.54, 1.807) is 0 Å². The molecule has 1 aliphatic rings. The van der Waals surface area contributed by atoms with Crippen molar-refractivity contribution < 1.29 is 5.11 Å². The Bertz CT molecular complexity index is 1180. The predicted octanol–water partition coefficient (Wildman–Crippen LogP) is 4.14. The Morgan fingerprint density at radius 1 is 0.857 bits per heavy atom. The molecule has 1 unspecified atom stereocenters. The van der Waals surface area contributed by atoms with Crippen molar-refractivity contribution in [3.8, 4) is 0 Å². The summed E-state index contributed by atoms with van der Waals surface area (Å²) in [6.07, 6.45) is -1.76. The minimum Gasteiger partial charge on any atom is -0.511 e. The number of nitrogens with one attached hydrogen (secondary N) is 8. The summed E-state index contributed by atoms with van der Waals surface area (Å²) in [4.78, 5) is 0. The third-order valence-electron chi connectivity index (χ3n) is 5.12. The summed E-state index contributed by atoms with van der Waals surface area (Å²) in [5.41, 5.74) is 2.82. The van der Waals surface area contributed by atoms with Crippen LogP contribution in [-0.2, 0) is 0 Å². The Hall–Kier alpha value is -1.52. The van der Waals surface area contributed by atoms with Crippen molar-refractivity contribution >= 4 is 121 Å². The van der Waals surface area contributed by atoms with Crippen LogP contribution >= 0.6 is 84.5 Å². The normalized spacial score (nSPS) is 15.6. The van der Waals surface area contributed by atoms with Crippen LogP contribution in [0.4, 0.5) is 0 Å². The third kappa shape index (κ3) is 7.26. The van der Waals surface area contributed by atoms with Crippen LogP contribution in [0.25, 0.3) is 16.3 Å². The topological polar surface area (TPSA) is 164 Å². The molecule has 0 saturated heterocycles. The van der Waals surface area contributed by atoms with E-state index in [0.29, 0.717) is 11.1 Å². The van der Waals surface area contributed by atoms with E-state index in [1.807, 2.05) is 37.3 Å². The van der Waals surface area contributed by atoms with Crippen molar-refractivity contribution in [1.29, 1.82) is 21.6 Å². The molecular weight excluding hydrogens is 656 g/mol. The number of aryl methyl sites for hydroxylation is 1. The lowest BCUT2D eigenvalue weighted by molar-refractivity contribution is 0.329. The molecule has 0 spiro atoms. The SMILES string of the molecule is Br.Br.Cc1cc2c3c(cccc3c1)C(C(NC(=N)S)NC(=N)S)C(O)=C2C(NC(=N)S)NC(=N)S. The van der Waals surface area contributed by atoms with Gasteiger partial charge in [-0.15, -0.1) is 84.5 Å². The highest BCUT2D eigenvalue weighted by molar-refractivity contribution is 8.93. The number of halogens is 2. The van der Waals surface area contributed by atoms with Crippen molar-refractivity contribution in [3.63, 3.8) is 0 Å². The zero-order chi connectivity index (χ0) is 24.4. The largest absolute Gasteiger partial charge is 0.511 e. The van der Waals surface area contributed by atoms with Crippen molar-refractivity contribution in [3.05, 3.63) is 52.8 Å². The first kappa shape index (κ1) is 31.5. The maximum Gasteiger partial charge on any atom is 0.152 e. The molecule has 0 saturated carbocycles. The van der Waals surface area contributed by atoms with E-state index < -0.39 is 18.2 Å². The summed E-state index contributed by atoms with van der Waals surface area (Å²) in [6, 6.07) is 9.65. The van der Waals surface area contributed by atoms with E-state index in [0.717, 1.165) is 21.9 Å². The Morgan fingerprint density at radius 2 is 1.37 bits per heavy atom. The van der Waals surface area contributed by atoms with Gasteiger partial charge >= 0.3 is 0 Å². The van der Waals surface area contributed by atoms with E-state index >= 15 is 0 Å². The van der Waals surface area contributed by atoms with Crippen LogP contribution in [0.3, 0.4) is 0 Å². The Kier molecular flexibility index (Phi) is 11.8. The number of benzene rings is 2. The molecular formula is C20H26Br2N8OS4. The summed E-state index contributed by atoms with van der Waals surface area (Å²) in [7, 11) is 0. The summed E-state index contributed by atoms with van der Waals surface area (Å²) in [5.74, 6) is -0.864. The van der Waals surface area contributed by atoms with E-state index in [4.69, 9.17) is 21.6 Å². The lowest BCUT2D eigenvalue weighted by Gasteiger charge is -2.37. The molecule has 35 heavy (non-hydrogen) atoms. The quantitative estimate of drug-likeness (QED) is 0.0953. The fourth-order valence-corrected chi connectivity index (χ4v) is 4.66. The van der Waals surface area contributed by atoms with Crippen molar-refractivity contribution in [2.24, 2.45) is 0 Å². The smallest absolute Gasteiger partial charge is 0.152 e. The van der Waals surface area contributed by atoms with Gasteiger partial charge in [0.05, 0.1) is 5.92 Å². The van der Waals surface area contributed by atoms with Crippen LogP contribution in [0.1, 0.15) is 22.6 Å². The second-order valence-corrected chi connectivity index (χ2v) is 9.21. The minimum absolute atomic E-state index is 0. The molecule has 0 aromatic heterocycles. The lowest BCUT2D eigenvalue weighted by Crippen LogP contribution is -2.51. The van der Waals surface area contributed by atoms with E-state index in [-0.39, 0.29) is 60.4 Å². The molecule has 0 aliphatic heterocycles. The molecule has 0 radical (unpaired) electrons. The highest BCUT2D eigenvalue weighted by Crippen LogP contribution is 2.44. The average molecular weight is 683 g/mol. The number of rotatable bonds is 6. The molecule has 9 N–H and O–H groups in total. The molecule has 15 heteroatoms. The van der Waals surface area contributed by atoms with Crippen LogP contribution in [-0.4, -0.2) is 38.1 Å². The molecule has 0 heterocycles. The molecule has 1 atom stereocenters. The van der Waals surface area contributed by atoms with Gasteiger partial charge in [-0.25, -0.2) is 0 Å². The van der Waals surface area contributed by atoms with Gasteiger partial charge in [-0.1, -0.05) is 30.3 Å². The van der Waals surface area contributed by atoms with Crippen LogP contribution in [0, 0.1) is 28.6 Å². The van der Waals surface area contributed by atoms with E-state index in [1.165, 1.54) is 0 Å². The maximum atomic E-state index is 11.6. The van der Waals surface area contributed by atoms with E-state index in [9.17, 15) is 5.11 Å². The van der Waals surface area contributed by atoms with Gasteiger partial charge in [0.15, 0.2) is 20.7 Å². The predicted molar refractivity (Wildman–Crippen MR) is 169 cm³/mol. The monoisotopic (exact) mass is 680 g/mol. The fourth-order valence-electron chi connectivity index (χ4n) is 4.12. The average Bonchev–Trinajstić information content (AvgIpc) is 2.65. The minimum atomic E-state index is -0.910. The number of aliphatic hydroxyl groups is 1.